The average molecular weight is 438 g/mol. The van der Waals surface area contributed by atoms with Gasteiger partial charge in [0.25, 0.3) is 0 Å². The highest BCUT2D eigenvalue weighted by atomic mass is 127. The van der Waals surface area contributed by atoms with Crippen LogP contribution in [0.4, 0.5) is 0 Å². The zero-order chi connectivity index (χ0) is 16.1. The maximum atomic E-state index is 4.75. The van der Waals surface area contributed by atoms with Gasteiger partial charge in [-0.2, -0.15) is 0 Å². The van der Waals surface area contributed by atoms with Crippen LogP contribution in [0.5, 0.6) is 0 Å². The van der Waals surface area contributed by atoms with Gasteiger partial charge in [0.2, 0.25) is 0 Å². The van der Waals surface area contributed by atoms with E-state index in [4.69, 9.17) is 4.99 Å². The summed E-state index contributed by atoms with van der Waals surface area (Å²) in [6.07, 6.45) is 7.60. The predicted octanol–water partition coefficient (Wildman–Crippen LogP) is 3.91. The number of hydrogen-bond donors (Lipinski definition) is 3. The number of halogens is 1. The van der Waals surface area contributed by atoms with E-state index >= 15 is 0 Å². The highest BCUT2D eigenvalue weighted by Crippen LogP contribution is 2.22. The van der Waals surface area contributed by atoms with Crippen LogP contribution in [-0.2, 0) is 6.42 Å². The smallest absolute Gasteiger partial charge is 0.191 e. The van der Waals surface area contributed by atoms with Gasteiger partial charge in [0, 0.05) is 35.7 Å². The van der Waals surface area contributed by atoms with Crippen LogP contribution >= 0.6 is 24.0 Å². The van der Waals surface area contributed by atoms with Crippen molar-refractivity contribution >= 4 is 40.8 Å². The molecule has 2 aromatic rings. The Kier molecular flexibility index (Phi) is 7.15. The monoisotopic (exact) mass is 438 g/mol. The van der Waals surface area contributed by atoms with E-state index in [1.165, 1.54) is 22.2 Å². The van der Waals surface area contributed by atoms with Crippen molar-refractivity contribution < 1.29 is 0 Å². The fourth-order valence-electron chi connectivity index (χ4n) is 3.18. The number of fused-ring (bicyclic) bond motifs is 1. The van der Waals surface area contributed by atoms with E-state index in [0.29, 0.717) is 6.04 Å². The summed E-state index contributed by atoms with van der Waals surface area (Å²) in [6.45, 7) is 5.93. The minimum Gasteiger partial charge on any atom is -0.358 e. The third kappa shape index (κ3) is 4.53. The molecule has 0 fully saturated rings. The molecule has 1 heterocycles. The average Bonchev–Trinajstić information content (AvgIpc) is 3.15. The normalized spacial score (nSPS) is 14.8. The van der Waals surface area contributed by atoms with Gasteiger partial charge >= 0.3 is 0 Å². The predicted molar refractivity (Wildman–Crippen MR) is 113 cm³/mol. The van der Waals surface area contributed by atoms with Gasteiger partial charge in [-0.05, 0) is 44.7 Å². The van der Waals surface area contributed by atoms with E-state index < -0.39 is 0 Å². The Hall–Kier alpha value is -1.50. The zero-order valence-corrected chi connectivity index (χ0v) is 16.8. The quantitative estimate of drug-likeness (QED) is 0.287. The molecule has 0 bridgehead atoms. The minimum absolute atomic E-state index is 0. The molecule has 5 heteroatoms. The lowest BCUT2D eigenvalue weighted by molar-refractivity contribution is 0.633. The molecule has 0 aliphatic heterocycles. The van der Waals surface area contributed by atoms with Crippen LogP contribution in [0.2, 0.25) is 0 Å². The molecule has 0 radical (unpaired) electrons. The summed E-state index contributed by atoms with van der Waals surface area (Å²) in [5.41, 5.74) is 3.84. The number of benzene rings is 1. The molecule has 0 spiro atoms. The van der Waals surface area contributed by atoms with E-state index in [9.17, 15) is 0 Å². The number of aliphatic imine (C=N–C) groups is 1. The van der Waals surface area contributed by atoms with Crippen molar-refractivity contribution in [2.24, 2.45) is 4.99 Å². The Bertz CT molecular complexity index is 709. The highest BCUT2D eigenvalue weighted by Gasteiger charge is 2.12. The zero-order valence-electron chi connectivity index (χ0n) is 14.4. The van der Waals surface area contributed by atoms with Gasteiger partial charge in [-0.15, -0.1) is 24.0 Å². The molecule has 24 heavy (non-hydrogen) atoms. The van der Waals surface area contributed by atoms with Crippen LogP contribution in [0.15, 0.2) is 41.4 Å². The van der Waals surface area contributed by atoms with Crippen molar-refractivity contribution in [3.8, 4) is 0 Å². The Morgan fingerprint density at radius 1 is 1.25 bits per heavy atom. The van der Waals surface area contributed by atoms with Gasteiger partial charge in [-0.25, -0.2) is 0 Å². The van der Waals surface area contributed by atoms with E-state index in [2.05, 4.69) is 65.9 Å². The second-order valence-electron chi connectivity index (χ2n) is 6.07. The third-order valence-electron chi connectivity index (χ3n) is 4.35. The second-order valence-corrected chi connectivity index (χ2v) is 6.07. The summed E-state index contributed by atoms with van der Waals surface area (Å²) < 4.78 is 0. The number of nitrogens with zero attached hydrogens (tertiary/aromatic N) is 1. The number of aryl methyl sites for hydroxylation is 1. The summed E-state index contributed by atoms with van der Waals surface area (Å²) in [7, 11) is 0. The molecule has 1 aliphatic carbocycles. The summed E-state index contributed by atoms with van der Waals surface area (Å²) in [5.74, 6) is 0.929. The van der Waals surface area contributed by atoms with Crippen molar-refractivity contribution in [3.05, 3.63) is 47.7 Å². The Morgan fingerprint density at radius 3 is 2.75 bits per heavy atom. The SMILES string of the molecule is CCNC(=NCCc1c(C)[nH]c2ccccc12)NC1CC=CC1.I. The lowest BCUT2D eigenvalue weighted by Gasteiger charge is -2.16. The van der Waals surface area contributed by atoms with Crippen molar-refractivity contribution in [2.75, 3.05) is 13.1 Å². The molecular formula is C19H27IN4. The number of rotatable bonds is 5. The number of hydrogen-bond acceptors (Lipinski definition) is 1. The first-order valence-electron chi connectivity index (χ1n) is 8.54. The number of H-pyrrole nitrogens is 1. The van der Waals surface area contributed by atoms with E-state index in [1.807, 2.05) is 0 Å². The van der Waals surface area contributed by atoms with Crippen molar-refractivity contribution in [2.45, 2.75) is 39.2 Å². The number of aromatic amines is 1. The molecular weight excluding hydrogens is 411 g/mol. The molecule has 0 amide bonds. The first-order chi connectivity index (χ1) is 11.3. The molecule has 1 aromatic heterocycles. The van der Waals surface area contributed by atoms with Crippen LogP contribution in [-0.4, -0.2) is 30.1 Å². The lowest BCUT2D eigenvalue weighted by atomic mass is 10.1. The van der Waals surface area contributed by atoms with Crippen LogP contribution in [0.1, 0.15) is 31.0 Å². The fourth-order valence-corrected chi connectivity index (χ4v) is 3.18. The number of aromatic nitrogens is 1. The van der Waals surface area contributed by atoms with Gasteiger partial charge in [0.1, 0.15) is 0 Å². The largest absolute Gasteiger partial charge is 0.358 e. The van der Waals surface area contributed by atoms with Gasteiger partial charge in [0.05, 0.1) is 0 Å². The first kappa shape index (κ1) is 18.8. The van der Waals surface area contributed by atoms with Gasteiger partial charge in [-0.1, -0.05) is 30.4 Å². The lowest BCUT2D eigenvalue weighted by Crippen LogP contribution is -2.42. The molecule has 130 valence electrons. The molecule has 3 N–H and O–H groups in total. The molecule has 0 saturated heterocycles. The van der Waals surface area contributed by atoms with Crippen molar-refractivity contribution in [3.63, 3.8) is 0 Å². The fraction of sp³-hybridized carbons (Fsp3) is 0.421. The molecule has 1 aromatic carbocycles. The van der Waals surface area contributed by atoms with E-state index in [1.54, 1.807) is 0 Å². The third-order valence-corrected chi connectivity index (χ3v) is 4.35. The minimum atomic E-state index is 0. The van der Waals surface area contributed by atoms with Crippen LogP contribution in [0.3, 0.4) is 0 Å². The maximum absolute atomic E-state index is 4.75. The number of guanidine groups is 1. The van der Waals surface area contributed by atoms with Crippen molar-refractivity contribution in [1.82, 2.24) is 15.6 Å². The highest BCUT2D eigenvalue weighted by molar-refractivity contribution is 14.0. The summed E-state index contributed by atoms with van der Waals surface area (Å²) >= 11 is 0. The molecule has 0 saturated carbocycles. The molecule has 0 unspecified atom stereocenters. The van der Waals surface area contributed by atoms with Gasteiger partial charge in [-0.3, -0.25) is 4.99 Å². The Balaban J connectivity index is 0.00000208. The van der Waals surface area contributed by atoms with Crippen molar-refractivity contribution in [1.29, 1.82) is 0 Å². The van der Waals surface area contributed by atoms with Crippen LogP contribution < -0.4 is 10.6 Å². The van der Waals surface area contributed by atoms with Gasteiger partial charge < -0.3 is 15.6 Å². The maximum Gasteiger partial charge on any atom is 0.191 e. The summed E-state index contributed by atoms with van der Waals surface area (Å²) in [4.78, 5) is 8.21. The molecule has 4 nitrogen and oxygen atoms in total. The van der Waals surface area contributed by atoms with E-state index in [0.717, 1.165) is 38.3 Å². The summed E-state index contributed by atoms with van der Waals surface area (Å²) in [6, 6.07) is 8.98. The first-order valence-corrected chi connectivity index (χ1v) is 8.54. The Morgan fingerprint density at radius 2 is 2.00 bits per heavy atom. The van der Waals surface area contributed by atoms with Crippen LogP contribution in [0, 0.1) is 6.92 Å². The van der Waals surface area contributed by atoms with Crippen LogP contribution in [0.25, 0.3) is 10.9 Å². The second kappa shape index (κ2) is 9.11. The Labute approximate surface area is 161 Å². The van der Waals surface area contributed by atoms with Gasteiger partial charge in [0.15, 0.2) is 5.96 Å². The van der Waals surface area contributed by atoms with E-state index in [-0.39, 0.29) is 24.0 Å². The standard InChI is InChI=1S/C19H26N4.HI/c1-3-20-19(23-15-8-4-5-9-15)21-13-12-16-14(2)22-18-11-7-6-10-17(16)18;/h4-7,10-11,15,22H,3,8-9,12-13H2,1-2H3,(H2,20,21,23);1H. The topological polar surface area (TPSA) is 52.2 Å². The summed E-state index contributed by atoms with van der Waals surface area (Å²) in [5, 5.41) is 8.18. The molecule has 1 aliphatic rings. The number of nitrogens with one attached hydrogen (secondary N) is 3. The molecule has 3 rings (SSSR count). The number of para-hydroxylation sites is 1. The molecule has 0 atom stereocenters.